The molecule has 10 heteroatoms. The Morgan fingerprint density at radius 1 is 1.17 bits per heavy atom. The van der Waals surface area contributed by atoms with E-state index >= 15 is 0 Å². The average Bonchev–Trinajstić information content (AvgIpc) is 3.09. The number of allylic oxidation sites excluding steroid dienone is 2. The highest BCUT2D eigenvalue weighted by Gasteiger charge is 2.43. The molecular formula is C19H19F3N4O3. The molecule has 0 radical (unpaired) electrons. The van der Waals surface area contributed by atoms with Crippen LogP contribution in [0.15, 0.2) is 29.5 Å². The number of hydrogen-bond acceptors (Lipinski definition) is 6. The molecule has 0 saturated carbocycles. The van der Waals surface area contributed by atoms with Gasteiger partial charge in [-0.3, -0.25) is 4.79 Å². The number of carbonyl (C=O) groups excluding carboxylic acids is 1. The third kappa shape index (κ3) is 3.22. The summed E-state index contributed by atoms with van der Waals surface area (Å²) in [5, 5.41) is 6.58. The molecule has 1 aliphatic heterocycles. The van der Waals surface area contributed by atoms with Gasteiger partial charge < -0.3 is 14.8 Å². The number of benzene rings is 1. The topological polar surface area (TPSA) is 78.3 Å². The van der Waals surface area contributed by atoms with Crippen molar-refractivity contribution < 1.29 is 27.4 Å². The van der Waals surface area contributed by atoms with E-state index in [2.05, 4.69) is 15.4 Å². The quantitative estimate of drug-likeness (QED) is 0.837. The molecule has 7 nitrogen and oxygen atoms in total. The van der Waals surface area contributed by atoms with E-state index in [0.29, 0.717) is 41.2 Å². The van der Waals surface area contributed by atoms with E-state index in [1.165, 1.54) is 14.2 Å². The fourth-order valence-corrected chi connectivity index (χ4v) is 3.86. The normalized spacial score (nSPS) is 21.4. The van der Waals surface area contributed by atoms with Gasteiger partial charge in [0, 0.05) is 17.7 Å². The van der Waals surface area contributed by atoms with Crippen molar-refractivity contribution in [1.29, 1.82) is 0 Å². The zero-order chi connectivity index (χ0) is 20.9. The van der Waals surface area contributed by atoms with E-state index in [9.17, 15) is 18.0 Å². The lowest BCUT2D eigenvalue weighted by molar-refractivity contribution is -0.145. The van der Waals surface area contributed by atoms with Crippen molar-refractivity contribution in [3.05, 3.63) is 40.9 Å². The van der Waals surface area contributed by atoms with Crippen LogP contribution in [0.25, 0.3) is 0 Å². The number of nitrogens with one attached hydrogen (secondary N) is 1. The monoisotopic (exact) mass is 408 g/mol. The van der Waals surface area contributed by atoms with Crippen molar-refractivity contribution in [3.63, 3.8) is 0 Å². The number of carbonyl (C=O) groups is 1. The number of aromatic nitrogens is 3. The molecule has 1 N–H and O–H groups in total. The lowest BCUT2D eigenvalue weighted by atomic mass is 9.81. The molecule has 4 rings (SSSR count). The number of hydrogen-bond donors (Lipinski definition) is 1. The molecule has 1 aromatic heterocycles. The second-order valence-corrected chi connectivity index (χ2v) is 7.17. The summed E-state index contributed by atoms with van der Waals surface area (Å²) < 4.78 is 51.4. The molecule has 2 atom stereocenters. The zero-order valence-corrected chi connectivity index (χ0v) is 16.0. The number of fused-ring (bicyclic) bond motifs is 1. The summed E-state index contributed by atoms with van der Waals surface area (Å²) in [7, 11) is 2.95. The molecule has 0 bridgehead atoms. The van der Waals surface area contributed by atoms with Gasteiger partial charge in [0.25, 0.3) is 5.82 Å². The standard InChI is InChI=1S/C19H19F3N4O3/c1-9-6-11-15(12(27)7-9)16(10-4-5-13(28-2)14(8-10)29-3)26-18(23-11)24-17(25-26)19(20,21)22/h4-5,8-9,16H,6-7H2,1-3H3,(H,23,24,25)/t9-,16-/m1/s1. The summed E-state index contributed by atoms with van der Waals surface area (Å²) in [5.74, 6) is -0.474. The van der Waals surface area contributed by atoms with Crippen LogP contribution in [0.1, 0.15) is 37.2 Å². The van der Waals surface area contributed by atoms with Gasteiger partial charge in [0.15, 0.2) is 17.3 Å². The number of methoxy groups -OCH3 is 2. The smallest absolute Gasteiger partial charge is 0.453 e. The number of nitrogens with zero attached hydrogens (tertiary/aromatic N) is 3. The number of ketones is 1. The molecule has 29 heavy (non-hydrogen) atoms. The largest absolute Gasteiger partial charge is 0.493 e. The van der Waals surface area contributed by atoms with Crippen molar-refractivity contribution >= 4 is 11.7 Å². The number of ether oxygens (including phenoxy) is 2. The minimum atomic E-state index is -4.70. The van der Waals surface area contributed by atoms with E-state index in [-0.39, 0.29) is 17.6 Å². The Labute approximate surface area is 164 Å². The summed E-state index contributed by atoms with van der Waals surface area (Å²) >= 11 is 0. The minimum Gasteiger partial charge on any atom is -0.493 e. The number of anilines is 1. The number of alkyl halides is 3. The van der Waals surface area contributed by atoms with Gasteiger partial charge in [-0.25, -0.2) is 4.68 Å². The molecule has 0 amide bonds. The second-order valence-electron chi connectivity index (χ2n) is 7.17. The maximum absolute atomic E-state index is 13.2. The van der Waals surface area contributed by atoms with E-state index in [1.54, 1.807) is 18.2 Å². The first-order valence-corrected chi connectivity index (χ1v) is 9.01. The van der Waals surface area contributed by atoms with Crippen molar-refractivity contribution in [2.24, 2.45) is 5.92 Å². The van der Waals surface area contributed by atoms with Crippen LogP contribution in [0, 0.1) is 5.92 Å². The first kappa shape index (κ1) is 19.3. The molecular weight excluding hydrogens is 389 g/mol. The van der Waals surface area contributed by atoms with Crippen molar-refractivity contribution in [2.75, 3.05) is 19.5 Å². The van der Waals surface area contributed by atoms with Gasteiger partial charge in [0.05, 0.1) is 14.2 Å². The van der Waals surface area contributed by atoms with Crippen molar-refractivity contribution in [3.8, 4) is 11.5 Å². The van der Waals surface area contributed by atoms with Gasteiger partial charge in [0.2, 0.25) is 5.95 Å². The van der Waals surface area contributed by atoms with Crippen LogP contribution in [0.3, 0.4) is 0 Å². The summed E-state index contributed by atoms with van der Waals surface area (Å²) in [6.07, 6.45) is -3.84. The molecule has 2 aliphatic rings. The van der Waals surface area contributed by atoms with Crippen molar-refractivity contribution in [2.45, 2.75) is 32.0 Å². The van der Waals surface area contributed by atoms with Gasteiger partial charge in [-0.2, -0.15) is 18.2 Å². The molecule has 154 valence electrons. The Bertz CT molecular complexity index is 1010. The molecule has 2 heterocycles. The fraction of sp³-hybridized carbons (Fsp3) is 0.421. The van der Waals surface area contributed by atoms with Crippen LogP contribution >= 0.6 is 0 Å². The van der Waals surface area contributed by atoms with Gasteiger partial charge in [0.1, 0.15) is 6.04 Å². The summed E-state index contributed by atoms with van der Waals surface area (Å²) in [6.45, 7) is 1.93. The highest BCUT2D eigenvalue weighted by Crippen LogP contribution is 2.43. The van der Waals surface area contributed by atoms with Crippen LogP contribution in [0.2, 0.25) is 0 Å². The molecule has 0 saturated heterocycles. The third-order valence-corrected chi connectivity index (χ3v) is 5.10. The SMILES string of the molecule is COc1ccc([C@@H]2C3=C(C[C@@H](C)CC3=O)Nc3nc(C(F)(F)F)nn32)cc1OC. The maximum Gasteiger partial charge on any atom is 0.453 e. The number of halogens is 3. The average molecular weight is 408 g/mol. The molecule has 1 aromatic carbocycles. The lowest BCUT2D eigenvalue weighted by Crippen LogP contribution is -2.33. The summed E-state index contributed by atoms with van der Waals surface area (Å²) in [6, 6.07) is 4.13. The van der Waals surface area contributed by atoms with E-state index in [0.717, 1.165) is 4.68 Å². The Hall–Kier alpha value is -3.04. The minimum absolute atomic E-state index is 0.0437. The van der Waals surface area contributed by atoms with Crippen LogP contribution in [0.5, 0.6) is 11.5 Å². The number of Topliss-reactive ketones (excluding diaryl/α,β-unsaturated/α-hetero) is 1. The molecule has 0 fully saturated rings. The van der Waals surface area contributed by atoms with Gasteiger partial charge >= 0.3 is 6.18 Å². The van der Waals surface area contributed by atoms with E-state index < -0.39 is 18.0 Å². The predicted molar refractivity (Wildman–Crippen MR) is 96.8 cm³/mol. The Balaban J connectivity index is 1.91. The number of rotatable bonds is 3. The van der Waals surface area contributed by atoms with E-state index in [4.69, 9.17) is 9.47 Å². The van der Waals surface area contributed by atoms with Crippen LogP contribution in [0.4, 0.5) is 19.1 Å². The maximum atomic E-state index is 13.2. The Morgan fingerprint density at radius 3 is 2.55 bits per heavy atom. The second kappa shape index (κ2) is 6.78. The van der Waals surface area contributed by atoms with Crippen LogP contribution < -0.4 is 14.8 Å². The van der Waals surface area contributed by atoms with Gasteiger partial charge in [-0.1, -0.05) is 13.0 Å². The molecule has 0 spiro atoms. The summed E-state index contributed by atoms with van der Waals surface area (Å²) in [5.41, 5.74) is 1.54. The van der Waals surface area contributed by atoms with Crippen LogP contribution in [-0.2, 0) is 11.0 Å². The van der Waals surface area contributed by atoms with Gasteiger partial charge in [-0.05, 0) is 30.0 Å². The highest BCUT2D eigenvalue weighted by atomic mass is 19.4. The molecule has 2 aromatic rings. The van der Waals surface area contributed by atoms with E-state index in [1.807, 2.05) is 6.92 Å². The Kier molecular flexibility index (Phi) is 4.51. The molecule has 0 unspecified atom stereocenters. The van der Waals surface area contributed by atoms with Gasteiger partial charge in [-0.15, -0.1) is 5.10 Å². The Morgan fingerprint density at radius 2 is 1.90 bits per heavy atom. The fourth-order valence-electron chi connectivity index (χ4n) is 3.86. The van der Waals surface area contributed by atoms with Crippen LogP contribution in [-0.4, -0.2) is 34.8 Å². The first-order chi connectivity index (χ1) is 13.7. The molecule has 1 aliphatic carbocycles. The third-order valence-electron chi connectivity index (χ3n) is 5.10. The van der Waals surface area contributed by atoms with Crippen molar-refractivity contribution in [1.82, 2.24) is 14.8 Å². The lowest BCUT2D eigenvalue weighted by Gasteiger charge is -2.34. The predicted octanol–water partition coefficient (Wildman–Crippen LogP) is 3.58. The zero-order valence-electron chi connectivity index (χ0n) is 16.0. The highest BCUT2D eigenvalue weighted by molar-refractivity contribution is 5.99. The summed E-state index contributed by atoms with van der Waals surface area (Å²) in [4.78, 5) is 16.5. The first-order valence-electron chi connectivity index (χ1n) is 9.01.